The van der Waals surface area contributed by atoms with Crippen molar-refractivity contribution >= 4 is 5.97 Å². The van der Waals surface area contributed by atoms with Crippen LogP contribution in [0.4, 0.5) is 8.78 Å². The summed E-state index contributed by atoms with van der Waals surface area (Å²) in [6, 6.07) is 4.34. The van der Waals surface area contributed by atoms with E-state index < -0.39 is 12.6 Å². The van der Waals surface area contributed by atoms with Crippen LogP contribution in [0, 0.1) is 5.92 Å². The molecule has 2 aromatic rings. The third-order valence-corrected chi connectivity index (χ3v) is 3.48. The van der Waals surface area contributed by atoms with Gasteiger partial charge in [-0.15, -0.1) is 0 Å². The molecular formula is C16H14F2N2O4. The van der Waals surface area contributed by atoms with Crippen LogP contribution in [-0.4, -0.2) is 34.3 Å². The zero-order valence-corrected chi connectivity index (χ0v) is 12.5. The van der Waals surface area contributed by atoms with Gasteiger partial charge in [0.15, 0.2) is 17.2 Å². The summed E-state index contributed by atoms with van der Waals surface area (Å²) in [7, 11) is 0. The molecule has 8 heteroatoms. The molecule has 126 valence electrons. The van der Waals surface area contributed by atoms with Crippen molar-refractivity contribution in [1.29, 1.82) is 0 Å². The maximum Gasteiger partial charge on any atom is 0.387 e. The molecule has 3 rings (SSSR count). The maximum absolute atomic E-state index is 12.5. The number of ether oxygens (including phenoxy) is 2. The molecule has 0 unspecified atom stereocenters. The average molecular weight is 336 g/mol. The van der Waals surface area contributed by atoms with Crippen molar-refractivity contribution in [1.82, 2.24) is 9.97 Å². The summed E-state index contributed by atoms with van der Waals surface area (Å²) < 4.78 is 35.1. The van der Waals surface area contributed by atoms with Gasteiger partial charge in [-0.2, -0.15) is 8.78 Å². The molecule has 0 saturated heterocycles. The highest BCUT2D eigenvalue weighted by Gasteiger charge is 2.23. The lowest BCUT2D eigenvalue weighted by Gasteiger charge is -2.13. The molecule has 0 radical (unpaired) electrons. The van der Waals surface area contributed by atoms with Gasteiger partial charge in [0.05, 0.1) is 24.7 Å². The molecule has 0 atom stereocenters. The van der Waals surface area contributed by atoms with Crippen molar-refractivity contribution in [3.05, 3.63) is 36.3 Å². The molecule has 1 fully saturated rings. The Morgan fingerprint density at radius 2 is 2.08 bits per heavy atom. The predicted octanol–water partition coefficient (Wildman–Crippen LogP) is 3.23. The number of rotatable bonds is 7. The van der Waals surface area contributed by atoms with Crippen LogP contribution in [0.2, 0.25) is 0 Å². The summed E-state index contributed by atoms with van der Waals surface area (Å²) in [6.45, 7) is -2.54. The molecule has 1 aromatic carbocycles. The topological polar surface area (TPSA) is 81.5 Å². The van der Waals surface area contributed by atoms with Gasteiger partial charge in [-0.1, -0.05) is 0 Å². The number of carbonyl (C=O) groups is 1. The first-order valence-corrected chi connectivity index (χ1v) is 7.30. The summed E-state index contributed by atoms with van der Waals surface area (Å²) >= 11 is 0. The number of aromatic carboxylic acids is 1. The Labute approximate surface area is 136 Å². The second-order valence-electron chi connectivity index (χ2n) is 5.39. The first-order chi connectivity index (χ1) is 11.5. The minimum Gasteiger partial charge on any atom is -0.489 e. The normalized spacial score (nSPS) is 13.8. The molecule has 1 saturated carbocycles. The van der Waals surface area contributed by atoms with Crippen molar-refractivity contribution in [2.75, 3.05) is 6.61 Å². The molecular weight excluding hydrogens is 322 g/mol. The van der Waals surface area contributed by atoms with E-state index in [9.17, 15) is 13.6 Å². The van der Waals surface area contributed by atoms with Gasteiger partial charge >= 0.3 is 12.6 Å². The van der Waals surface area contributed by atoms with Crippen LogP contribution < -0.4 is 9.47 Å². The van der Waals surface area contributed by atoms with Gasteiger partial charge in [0, 0.05) is 5.56 Å². The smallest absolute Gasteiger partial charge is 0.387 e. The predicted molar refractivity (Wildman–Crippen MR) is 79.3 cm³/mol. The van der Waals surface area contributed by atoms with E-state index in [1.165, 1.54) is 24.4 Å². The molecule has 0 bridgehead atoms. The number of benzene rings is 1. The average Bonchev–Trinajstić information content (AvgIpc) is 3.38. The largest absolute Gasteiger partial charge is 0.489 e. The minimum atomic E-state index is -2.96. The maximum atomic E-state index is 12.5. The molecule has 24 heavy (non-hydrogen) atoms. The van der Waals surface area contributed by atoms with Crippen LogP contribution in [0.25, 0.3) is 11.3 Å². The van der Waals surface area contributed by atoms with E-state index in [0.29, 0.717) is 23.8 Å². The number of hydrogen-bond donors (Lipinski definition) is 1. The Kier molecular flexibility index (Phi) is 4.54. The summed E-state index contributed by atoms with van der Waals surface area (Å²) in [6.07, 6.45) is 4.62. The Balaban J connectivity index is 1.91. The number of hydrogen-bond acceptors (Lipinski definition) is 5. The van der Waals surface area contributed by atoms with E-state index in [0.717, 1.165) is 19.0 Å². The Morgan fingerprint density at radius 1 is 1.29 bits per heavy atom. The molecule has 0 spiro atoms. The third-order valence-electron chi connectivity index (χ3n) is 3.48. The van der Waals surface area contributed by atoms with Gasteiger partial charge in [-0.25, -0.2) is 9.78 Å². The van der Waals surface area contributed by atoms with Crippen LogP contribution in [0.15, 0.2) is 30.6 Å². The zero-order chi connectivity index (χ0) is 17.1. The van der Waals surface area contributed by atoms with E-state index in [1.807, 2.05) is 0 Å². The first kappa shape index (κ1) is 16.1. The Hall–Kier alpha value is -2.77. The SMILES string of the molecule is O=C(O)c1cncc(-c2ccc(OC(F)F)c(OCC3CC3)c2)n1. The van der Waals surface area contributed by atoms with Crippen LogP contribution in [0.5, 0.6) is 11.5 Å². The molecule has 0 amide bonds. The molecule has 1 aliphatic carbocycles. The molecule has 6 nitrogen and oxygen atoms in total. The minimum absolute atomic E-state index is 0.0725. The van der Waals surface area contributed by atoms with Crippen LogP contribution in [0.3, 0.4) is 0 Å². The number of nitrogens with zero attached hydrogens (tertiary/aromatic N) is 2. The number of carboxylic acids is 1. The van der Waals surface area contributed by atoms with E-state index in [1.54, 1.807) is 0 Å². The summed E-state index contributed by atoms with van der Waals surface area (Å²) in [5, 5.41) is 8.98. The summed E-state index contributed by atoms with van der Waals surface area (Å²) in [5.74, 6) is -0.672. The highest BCUT2D eigenvalue weighted by atomic mass is 19.3. The summed E-state index contributed by atoms with van der Waals surface area (Å²) in [4.78, 5) is 18.8. The van der Waals surface area contributed by atoms with Gasteiger partial charge in [0.25, 0.3) is 0 Å². The van der Waals surface area contributed by atoms with Crippen molar-refractivity contribution in [2.45, 2.75) is 19.5 Å². The second-order valence-corrected chi connectivity index (χ2v) is 5.39. The van der Waals surface area contributed by atoms with E-state index >= 15 is 0 Å². The van der Waals surface area contributed by atoms with Gasteiger partial charge in [0.2, 0.25) is 0 Å². The van der Waals surface area contributed by atoms with Crippen molar-refractivity contribution < 1.29 is 28.2 Å². The lowest BCUT2D eigenvalue weighted by molar-refractivity contribution is -0.0515. The van der Waals surface area contributed by atoms with Gasteiger partial charge in [-0.05, 0) is 37.0 Å². The number of alkyl halides is 2. The molecule has 1 aromatic heterocycles. The fourth-order valence-corrected chi connectivity index (χ4v) is 2.07. The standard InChI is InChI=1S/C16H14F2N2O4/c17-16(18)24-13-4-3-10(5-14(13)23-8-9-1-2-9)11-6-19-7-12(20-11)15(21)22/h3-7,9,16H,1-2,8H2,(H,21,22). The third kappa shape index (κ3) is 3.95. The lowest BCUT2D eigenvalue weighted by atomic mass is 10.1. The highest BCUT2D eigenvalue weighted by Crippen LogP contribution is 2.36. The molecule has 1 heterocycles. The van der Waals surface area contributed by atoms with Crippen molar-refractivity contribution in [3.8, 4) is 22.8 Å². The second kappa shape index (κ2) is 6.77. The molecule has 0 aliphatic heterocycles. The Bertz CT molecular complexity index is 751. The van der Waals surface area contributed by atoms with Crippen LogP contribution in [0.1, 0.15) is 23.3 Å². The number of halogens is 2. The number of aromatic nitrogens is 2. The van der Waals surface area contributed by atoms with Gasteiger partial charge in [-0.3, -0.25) is 4.98 Å². The van der Waals surface area contributed by atoms with Crippen molar-refractivity contribution in [3.63, 3.8) is 0 Å². The quantitative estimate of drug-likeness (QED) is 0.836. The van der Waals surface area contributed by atoms with E-state index in [4.69, 9.17) is 9.84 Å². The monoisotopic (exact) mass is 336 g/mol. The van der Waals surface area contributed by atoms with Crippen LogP contribution >= 0.6 is 0 Å². The van der Waals surface area contributed by atoms with E-state index in [2.05, 4.69) is 14.7 Å². The van der Waals surface area contributed by atoms with Gasteiger partial charge < -0.3 is 14.6 Å². The van der Waals surface area contributed by atoms with Crippen LogP contribution in [-0.2, 0) is 0 Å². The summed E-state index contributed by atoms with van der Waals surface area (Å²) in [5.41, 5.74) is 0.591. The Morgan fingerprint density at radius 3 is 2.75 bits per heavy atom. The molecule has 1 aliphatic rings. The fourth-order valence-electron chi connectivity index (χ4n) is 2.07. The zero-order valence-electron chi connectivity index (χ0n) is 12.5. The fraction of sp³-hybridized carbons (Fsp3) is 0.312. The van der Waals surface area contributed by atoms with Gasteiger partial charge in [0.1, 0.15) is 0 Å². The highest BCUT2D eigenvalue weighted by molar-refractivity contribution is 5.85. The molecule has 1 N–H and O–H groups in total. The van der Waals surface area contributed by atoms with E-state index in [-0.39, 0.29) is 17.2 Å². The number of carboxylic acid groups (broad SMARTS) is 1. The first-order valence-electron chi connectivity index (χ1n) is 7.30. The lowest BCUT2D eigenvalue weighted by Crippen LogP contribution is -2.06. The van der Waals surface area contributed by atoms with Crippen molar-refractivity contribution in [2.24, 2.45) is 5.92 Å².